The van der Waals surface area contributed by atoms with Gasteiger partial charge in [-0.05, 0) is 60.8 Å². The highest BCUT2D eigenvalue weighted by molar-refractivity contribution is 14.1. The highest BCUT2D eigenvalue weighted by Crippen LogP contribution is 2.53. The van der Waals surface area contributed by atoms with Crippen molar-refractivity contribution in [2.75, 3.05) is 13.2 Å². The van der Waals surface area contributed by atoms with Gasteiger partial charge in [0.15, 0.2) is 11.2 Å². The molecule has 0 N–H and O–H groups in total. The summed E-state index contributed by atoms with van der Waals surface area (Å²) in [7, 11) is 0. The van der Waals surface area contributed by atoms with E-state index in [1.54, 1.807) is 13.8 Å². The van der Waals surface area contributed by atoms with E-state index >= 15 is 0 Å². The number of esters is 2. The zero-order chi connectivity index (χ0) is 14.9. The number of hydrogen-bond acceptors (Lipinski definition) is 5. The van der Waals surface area contributed by atoms with E-state index in [-0.39, 0.29) is 31.3 Å². The standard InChI is InChI=1S/C14H17IO5/c1-3-19-12(17)14(13(18)20-4-2)6-8-5-10(16)11(15)9(8)7-14/h8H,3-7H2,1-2H3. The number of carbonyl (C=O) groups excluding carboxylic acids is 3. The third-order valence-electron chi connectivity index (χ3n) is 3.87. The molecule has 0 radical (unpaired) electrons. The summed E-state index contributed by atoms with van der Waals surface area (Å²) < 4.78 is 10.8. The van der Waals surface area contributed by atoms with Crippen molar-refractivity contribution in [3.05, 3.63) is 9.15 Å². The van der Waals surface area contributed by atoms with E-state index in [9.17, 15) is 14.4 Å². The van der Waals surface area contributed by atoms with E-state index in [0.29, 0.717) is 16.4 Å². The molecule has 1 atom stereocenters. The molecule has 2 aliphatic rings. The molecule has 0 saturated heterocycles. The first-order valence-electron chi connectivity index (χ1n) is 6.72. The first-order chi connectivity index (χ1) is 9.46. The van der Waals surface area contributed by atoms with E-state index in [0.717, 1.165) is 5.57 Å². The third kappa shape index (κ3) is 2.38. The average molecular weight is 392 g/mol. The highest BCUT2D eigenvalue weighted by Gasteiger charge is 2.58. The van der Waals surface area contributed by atoms with E-state index in [4.69, 9.17) is 9.47 Å². The number of allylic oxidation sites excluding steroid dienone is 2. The minimum atomic E-state index is -1.26. The first kappa shape index (κ1) is 15.5. The summed E-state index contributed by atoms with van der Waals surface area (Å²) in [6.07, 6.45) is 0.950. The molecule has 0 heterocycles. The smallest absolute Gasteiger partial charge is 0.323 e. The van der Waals surface area contributed by atoms with Crippen molar-refractivity contribution in [1.82, 2.24) is 0 Å². The molecule has 0 aliphatic heterocycles. The van der Waals surface area contributed by atoms with Gasteiger partial charge in [0.1, 0.15) is 0 Å². The summed E-state index contributed by atoms with van der Waals surface area (Å²) in [5, 5.41) is 0. The molecular formula is C14H17IO5. The van der Waals surface area contributed by atoms with Gasteiger partial charge in [0, 0.05) is 6.42 Å². The first-order valence-corrected chi connectivity index (χ1v) is 7.80. The number of halogens is 1. The predicted molar refractivity (Wildman–Crippen MR) is 79.1 cm³/mol. The van der Waals surface area contributed by atoms with E-state index < -0.39 is 17.4 Å². The van der Waals surface area contributed by atoms with Gasteiger partial charge in [-0.2, -0.15) is 0 Å². The molecule has 5 nitrogen and oxygen atoms in total. The molecule has 2 rings (SSSR count). The molecule has 1 fully saturated rings. The van der Waals surface area contributed by atoms with Crippen molar-refractivity contribution in [3.63, 3.8) is 0 Å². The van der Waals surface area contributed by atoms with Crippen LogP contribution in [0, 0.1) is 11.3 Å². The number of hydrogen-bond donors (Lipinski definition) is 0. The lowest BCUT2D eigenvalue weighted by Crippen LogP contribution is -2.40. The van der Waals surface area contributed by atoms with Crippen LogP contribution in [0.4, 0.5) is 0 Å². The molecular weight excluding hydrogens is 375 g/mol. The molecule has 0 aromatic rings. The van der Waals surface area contributed by atoms with E-state index in [1.165, 1.54) is 0 Å². The van der Waals surface area contributed by atoms with Crippen molar-refractivity contribution in [1.29, 1.82) is 0 Å². The fourth-order valence-corrected chi connectivity index (χ4v) is 3.81. The largest absolute Gasteiger partial charge is 0.465 e. The fraction of sp³-hybridized carbons (Fsp3) is 0.643. The lowest BCUT2D eigenvalue weighted by molar-refractivity contribution is -0.171. The van der Waals surface area contributed by atoms with Gasteiger partial charge in [-0.1, -0.05) is 0 Å². The van der Waals surface area contributed by atoms with Crippen LogP contribution in [0.15, 0.2) is 9.15 Å². The van der Waals surface area contributed by atoms with E-state index in [1.807, 2.05) is 22.6 Å². The molecule has 0 spiro atoms. The normalized spacial score (nSPS) is 23.8. The summed E-state index contributed by atoms with van der Waals surface area (Å²) >= 11 is 2.01. The van der Waals surface area contributed by atoms with Crippen LogP contribution >= 0.6 is 22.6 Å². The van der Waals surface area contributed by atoms with Gasteiger partial charge in [-0.25, -0.2) is 0 Å². The fourth-order valence-electron chi connectivity index (χ4n) is 2.96. The Morgan fingerprint density at radius 2 is 1.80 bits per heavy atom. The molecule has 6 heteroatoms. The van der Waals surface area contributed by atoms with Gasteiger partial charge in [0.2, 0.25) is 0 Å². The van der Waals surface area contributed by atoms with Gasteiger partial charge in [0.25, 0.3) is 0 Å². The zero-order valence-electron chi connectivity index (χ0n) is 11.5. The molecule has 0 bridgehead atoms. The van der Waals surface area contributed by atoms with Crippen LogP contribution in [0.5, 0.6) is 0 Å². The van der Waals surface area contributed by atoms with Crippen molar-refractivity contribution in [2.45, 2.75) is 33.1 Å². The molecule has 1 saturated carbocycles. The quantitative estimate of drug-likeness (QED) is 0.417. The minimum absolute atomic E-state index is 0.0248. The van der Waals surface area contributed by atoms with Crippen molar-refractivity contribution in [3.8, 4) is 0 Å². The Morgan fingerprint density at radius 1 is 1.25 bits per heavy atom. The third-order valence-corrected chi connectivity index (χ3v) is 5.17. The van der Waals surface area contributed by atoms with Crippen LogP contribution in [0.2, 0.25) is 0 Å². The summed E-state index contributed by atoms with van der Waals surface area (Å²) in [4.78, 5) is 36.2. The lowest BCUT2D eigenvalue weighted by Gasteiger charge is -2.24. The molecule has 2 aliphatic carbocycles. The van der Waals surface area contributed by atoms with Crippen LogP contribution in [-0.2, 0) is 23.9 Å². The van der Waals surface area contributed by atoms with Gasteiger partial charge in [-0.15, -0.1) is 0 Å². The van der Waals surface area contributed by atoms with E-state index in [2.05, 4.69) is 0 Å². The highest BCUT2D eigenvalue weighted by atomic mass is 127. The van der Waals surface area contributed by atoms with Crippen molar-refractivity contribution >= 4 is 40.3 Å². The van der Waals surface area contributed by atoms with Crippen LogP contribution < -0.4 is 0 Å². The molecule has 20 heavy (non-hydrogen) atoms. The molecule has 0 aromatic carbocycles. The minimum Gasteiger partial charge on any atom is -0.465 e. The lowest BCUT2D eigenvalue weighted by atomic mass is 9.84. The monoisotopic (exact) mass is 392 g/mol. The molecule has 0 amide bonds. The SMILES string of the molecule is CCOC(=O)C1(C(=O)OCC)CC2=C(I)C(=O)CC2C1. The Balaban J connectivity index is 2.34. The Labute approximate surface area is 131 Å². The van der Waals surface area contributed by atoms with Crippen LogP contribution in [0.1, 0.15) is 33.1 Å². The van der Waals surface area contributed by atoms with Crippen molar-refractivity contribution in [2.24, 2.45) is 11.3 Å². The second-order valence-corrected chi connectivity index (χ2v) is 6.15. The van der Waals surface area contributed by atoms with Crippen LogP contribution in [0.3, 0.4) is 0 Å². The average Bonchev–Trinajstić information content (AvgIpc) is 2.89. The maximum absolute atomic E-state index is 12.3. The van der Waals surface area contributed by atoms with Crippen LogP contribution in [-0.4, -0.2) is 30.9 Å². The number of ketones is 1. The number of Topliss-reactive ketones (excluding diaryl/α,β-unsaturated/α-hetero) is 1. The summed E-state index contributed by atoms with van der Waals surface area (Å²) in [6.45, 7) is 3.86. The summed E-state index contributed by atoms with van der Waals surface area (Å²) in [6, 6.07) is 0. The van der Waals surface area contributed by atoms with Gasteiger partial charge >= 0.3 is 11.9 Å². The Hall–Kier alpha value is -0.920. The second-order valence-electron chi connectivity index (χ2n) is 5.07. The number of rotatable bonds is 4. The van der Waals surface area contributed by atoms with Gasteiger partial charge < -0.3 is 9.47 Å². The number of carbonyl (C=O) groups is 3. The second kappa shape index (κ2) is 5.83. The Morgan fingerprint density at radius 3 is 2.25 bits per heavy atom. The molecule has 110 valence electrons. The van der Waals surface area contributed by atoms with Crippen molar-refractivity contribution < 1.29 is 23.9 Å². The predicted octanol–water partition coefficient (Wildman–Crippen LogP) is 2.17. The summed E-state index contributed by atoms with van der Waals surface area (Å²) in [5.74, 6) is -0.982. The number of ether oxygens (including phenoxy) is 2. The maximum atomic E-state index is 12.3. The zero-order valence-corrected chi connectivity index (χ0v) is 13.7. The number of fused-ring (bicyclic) bond motifs is 1. The molecule has 1 unspecified atom stereocenters. The topological polar surface area (TPSA) is 69.7 Å². The molecule has 0 aromatic heterocycles. The van der Waals surface area contributed by atoms with Crippen LogP contribution in [0.25, 0.3) is 0 Å². The maximum Gasteiger partial charge on any atom is 0.323 e. The Bertz CT molecular complexity index is 476. The summed E-state index contributed by atoms with van der Waals surface area (Å²) in [5.41, 5.74) is -0.347. The van der Waals surface area contributed by atoms with Gasteiger partial charge in [0.05, 0.1) is 16.8 Å². The van der Waals surface area contributed by atoms with Gasteiger partial charge in [-0.3, -0.25) is 14.4 Å². The Kier molecular flexibility index (Phi) is 4.51.